The van der Waals surface area contributed by atoms with E-state index in [1.807, 2.05) is 13.8 Å². The minimum absolute atomic E-state index is 0.0837. The van der Waals surface area contributed by atoms with Crippen LogP contribution < -0.4 is 0 Å². The predicted octanol–water partition coefficient (Wildman–Crippen LogP) is 3.95. The Hall–Kier alpha value is -1.66. The van der Waals surface area contributed by atoms with Gasteiger partial charge in [0.05, 0.1) is 37.3 Å². The van der Waals surface area contributed by atoms with Gasteiger partial charge in [-0.2, -0.15) is 0 Å². The number of esters is 2. The average molecular weight is 437 g/mol. The number of aliphatic hydroxyl groups excluding tert-OH is 2. The molecule has 31 heavy (non-hydrogen) atoms. The monoisotopic (exact) mass is 436 g/mol. The van der Waals surface area contributed by atoms with E-state index in [0.717, 1.165) is 25.7 Å². The molecule has 2 N–H and O–H groups in total. The highest BCUT2D eigenvalue weighted by atomic mass is 16.5. The Morgan fingerprint density at radius 2 is 1.97 bits per heavy atom. The lowest BCUT2D eigenvalue weighted by molar-refractivity contribution is -0.156. The van der Waals surface area contributed by atoms with E-state index in [9.17, 15) is 19.8 Å². The van der Waals surface area contributed by atoms with Crippen molar-refractivity contribution < 1.29 is 29.3 Å². The fourth-order valence-corrected chi connectivity index (χ4v) is 4.82. The highest BCUT2D eigenvalue weighted by Gasteiger charge is 2.42. The Labute approximate surface area is 186 Å². The lowest BCUT2D eigenvalue weighted by Gasteiger charge is -2.41. The summed E-state index contributed by atoms with van der Waals surface area (Å²) < 4.78 is 10.5. The zero-order chi connectivity index (χ0) is 23.0. The molecule has 0 aromatic rings. The van der Waals surface area contributed by atoms with Gasteiger partial charge in [0, 0.05) is 5.92 Å². The number of rotatable bonds is 11. The van der Waals surface area contributed by atoms with Crippen molar-refractivity contribution in [3.63, 3.8) is 0 Å². The maximum atomic E-state index is 12.9. The largest absolute Gasteiger partial charge is 0.466 e. The fourth-order valence-electron chi connectivity index (χ4n) is 4.82. The highest BCUT2D eigenvalue weighted by molar-refractivity contribution is 5.74. The third-order valence-corrected chi connectivity index (χ3v) is 6.68. The van der Waals surface area contributed by atoms with Crippen LogP contribution in [0.15, 0.2) is 23.8 Å². The van der Waals surface area contributed by atoms with Crippen LogP contribution >= 0.6 is 0 Å². The molecule has 0 amide bonds. The molecule has 6 nitrogen and oxygen atoms in total. The number of ether oxygens (including phenoxy) is 2. The summed E-state index contributed by atoms with van der Waals surface area (Å²) in [5, 5.41) is 20.5. The van der Waals surface area contributed by atoms with Gasteiger partial charge in [-0.15, -0.1) is 0 Å². The summed E-state index contributed by atoms with van der Waals surface area (Å²) in [5.74, 6) is -0.102. The van der Waals surface area contributed by atoms with E-state index in [2.05, 4.69) is 25.2 Å². The second-order valence-electron chi connectivity index (χ2n) is 9.08. The van der Waals surface area contributed by atoms with Gasteiger partial charge in [0.1, 0.15) is 0 Å². The van der Waals surface area contributed by atoms with Crippen molar-refractivity contribution in [1.82, 2.24) is 0 Å². The molecule has 2 aliphatic carbocycles. The first kappa shape index (κ1) is 25.6. The maximum absolute atomic E-state index is 12.9. The van der Waals surface area contributed by atoms with Crippen LogP contribution in [0.25, 0.3) is 0 Å². The molecule has 0 aromatic carbocycles. The first-order valence-electron chi connectivity index (χ1n) is 11.9. The Bertz CT molecular complexity index is 654. The van der Waals surface area contributed by atoms with E-state index >= 15 is 0 Å². The molecule has 0 saturated heterocycles. The lowest BCUT2D eigenvalue weighted by Crippen LogP contribution is -2.39. The molecule has 0 bridgehead atoms. The van der Waals surface area contributed by atoms with Crippen molar-refractivity contribution in [2.75, 3.05) is 6.61 Å². The third kappa shape index (κ3) is 7.46. The van der Waals surface area contributed by atoms with Crippen molar-refractivity contribution in [2.24, 2.45) is 23.7 Å². The van der Waals surface area contributed by atoms with Crippen LogP contribution in [0.5, 0.6) is 0 Å². The van der Waals surface area contributed by atoms with Gasteiger partial charge in [0.15, 0.2) is 0 Å². The molecular weight excluding hydrogens is 396 g/mol. The van der Waals surface area contributed by atoms with Crippen LogP contribution in [-0.4, -0.2) is 47.1 Å². The number of aliphatic hydroxyl groups is 2. The fraction of sp³-hybridized carbons (Fsp3) is 0.760. The molecule has 0 spiro atoms. The van der Waals surface area contributed by atoms with E-state index in [1.165, 1.54) is 5.57 Å². The van der Waals surface area contributed by atoms with Gasteiger partial charge < -0.3 is 19.7 Å². The van der Waals surface area contributed by atoms with Crippen molar-refractivity contribution in [3.05, 3.63) is 23.8 Å². The minimum Gasteiger partial charge on any atom is -0.466 e. The summed E-state index contributed by atoms with van der Waals surface area (Å²) in [6.07, 6.45) is 8.62. The van der Waals surface area contributed by atoms with Crippen LogP contribution in [0.3, 0.4) is 0 Å². The van der Waals surface area contributed by atoms with Gasteiger partial charge in [-0.05, 0) is 69.8 Å². The van der Waals surface area contributed by atoms with Crippen molar-refractivity contribution >= 4 is 11.9 Å². The normalized spacial score (nSPS) is 28.1. The summed E-state index contributed by atoms with van der Waals surface area (Å²) in [4.78, 5) is 24.4. The van der Waals surface area contributed by atoms with Crippen LogP contribution in [0.2, 0.25) is 0 Å². The van der Waals surface area contributed by atoms with E-state index in [4.69, 9.17) is 9.47 Å². The second kappa shape index (κ2) is 12.4. The molecule has 6 heteroatoms. The topological polar surface area (TPSA) is 93.1 Å². The smallest absolute Gasteiger partial charge is 0.309 e. The third-order valence-electron chi connectivity index (χ3n) is 6.68. The SMILES string of the molecule is CCOC(=O)C[C@H](O)C[C@H](O)CC[C@@H]1[C@@H]2C(=CCC[C@@H]2C(=O)O[C@@H](C)CC)C=C[C@@H]1C. The lowest BCUT2D eigenvalue weighted by atomic mass is 9.63. The van der Waals surface area contributed by atoms with Gasteiger partial charge >= 0.3 is 11.9 Å². The molecule has 0 fully saturated rings. The van der Waals surface area contributed by atoms with Crippen molar-refractivity contribution in [1.29, 1.82) is 0 Å². The number of carbonyl (C=O) groups is 2. The van der Waals surface area contributed by atoms with Gasteiger partial charge in [0.25, 0.3) is 0 Å². The Morgan fingerprint density at radius 3 is 2.65 bits per heavy atom. The summed E-state index contributed by atoms with van der Waals surface area (Å²) in [6, 6.07) is 0. The molecule has 0 aliphatic heterocycles. The second-order valence-corrected chi connectivity index (χ2v) is 9.08. The zero-order valence-corrected chi connectivity index (χ0v) is 19.5. The van der Waals surface area contributed by atoms with Gasteiger partial charge in [-0.3, -0.25) is 9.59 Å². The Morgan fingerprint density at radius 1 is 1.23 bits per heavy atom. The number of fused-ring (bicyclic) bond motifs is 1. The molecule has 0 saturated carbocycles. The maximum Gasteiger partial charge on any atom is 0.309 e. The zero-order valence-electron chi connectivity index (χ0n) is 19.5. The molecule has 176 valence electrons. The van der Waals surface area contributed by atoms with Crippen molar-refractivity contribution in [2.45, 2.75) is 91.0 Å². The predicted molar refractivity (Wildman–Crippen MR) is 119 cm³/mol. The minimum atomic E-state index is -0.916. The Kier molecular flexibility index (Phi) is 10.2. The molecule has 0 aromatic heterocycles. The van der Waals surface area contributed by atoms with Crippen molar-refractivity contribution in [3.8, 4) is 0 Å². The molecular formula is C25H40O6. The summed E-state index contributed by atoms with van der Waals surface area (Å²) in [6.45, 7) is 8.09. The standard InChI is InChI=1S/C25H40O6/c1-5-17(4)31-25(29)22-9-7-8-18-11-10-16(3)21(24(18)22)13-12-19(26)14-20(27)15-23(28)30-6-2/h8,10-11,16-17,19-22,24,26-27H,5-7,9,12-15H2,1-4H3/t16-,17-,19+,20+,21-,22-,24-/m0/s1. The number of hydrogen-bond donors (Lipinski definition) is 2. The molecule has 0 radical (unpaired) electrons. The van der Waals surface area contributed by atoms with E-state index in [1.54, 1.807) is 6.92 Å². The van der Waals surface area contributed by atoms with Crippen LogP contribution in [-0.2, 0) is 19.1 Å². The summed E-state index contributed by atoms with van der Waals surface area (Å²) in [7, 11) is 0. The number of hydrogen-bond acceptors (Lipinski definition) is 6. The van der Waals surface area contributed by atoms with Crippen LogP contribution in [0, 0.1) is 23.7 Å². The highest BCUT2D eigenvalue weighted by Crippen LogP contribution is 2.46. The average Bonchev–Trinajstić information content (AvgIpc) is 2.72. The first-order chi connectivity index (χ1) is 14.8. The number of allylic oxidation sites excluding steroid dienone is 4. The molecule has 2 aliphatic rings. The molecule has 0 unspecified atom stereocenters. The number of carbonyl (C=O) groups excluding carboxylic acids is 2. The molecule has 2 rings (SSSR count). The van der Waals surface area contributed by atoms with Gasteiger partial charge in [0.2, 0.25) is 0 Å². The first-order valence-corrected chi connectivity index (χ1v) is 11.9. The quantitative estimate of drug-likeness (QED) is 0.477. The summed E-state index contributed by atoms with van der Waals surface area (Å²) in [5.41, 5.74) is 1.21. The van der Waals surface area contributed by atoms with E-state index < -0.39 is 18.2 Å². The van der Waals surface area contributed by atoms with E-state index in [0.29, 0.717) is 6.42 Å². The van der Waals surface area contributed by atoms with Crippen LogP contribution in [0.1, 0.15) is 72.6 Å². The Balaban J connectivity index is 2.00. The van der Waals surface area contributed by atoms with Gasteiger partial charge in [-0.1, -0.05) is 32.1 Å². The van der Waals surface area contributed by atoms with E-state index in [-0.39, 0.29) is 55.2 Å². The molecule has 7 atom stereocenters. The molecule has 0 heterocycles. The summed E-state index contributed by atoms with van der Waals surface area (Å²) >= 11 is 0. The van der Waals surface area contributed by atoms with Gasteiger partial charge in [-0.25, -0.2) is 0 Å². The van der Waals surface area contributed by atoms with Crippen LogP contribution in [0.4, 0.5) is 0 Å².